The average molecular weight is 318 g/mol. The van der Waals surface area contributed by atoms with Gasteiger partial charge in [-0.2, -0.15) is 5.10 Å². The van der Waals surface area contributed by atoms with Crippen molar-refractivity contribution in [2.24, 2.45) is 0 Å². The summed E-state index contributed by atoms with van der Waals surface area (Å²) in [5.41, 5.74) is 3.45. The normalized spacial score (nSPS) is 10.5. The number of ketones is 1. The lowest BCUT2D eigenvalue weighted by Crippen LogP contribution is -2.22. The van der Waals surface area contributed by atoms with Crippen LogP contribution in [0.1, 0.15) is 18.1 Å². The molecule has 0 aliphatic heterocycles. The third-order valence-electron chi connectivity index (χ3n) is 3.72. The topological polar surface area (TPSA) is 52.0 Å². The SMILES string of the molecule is CC(=O)Cc1cccc(-c2ccc(=O)n(Cc3ccccc3)n2)c1. The predicted molar refractivity (Wildman–Crippen MR) is 93.9 cm³/mol. The lowest BCUT2D eigenvalue weighted by Gasteiger charge is -2.08. The highest BCUT2D eigenvalue weighted by molar-refractivity contribution is 5.78. The molecule has 0 amide bonds. The van der Waals surface area contributed by atoms with Gasteiger partial charge in [-0.15, -0.1) is 0 Å². The van der Waals surface area contributed by atoms with Crippen molar-refractivity contribution < 1.29 is 4.79 Å². The molecular formula is C20H18N2O2. The quantitative estimate of drug-likeness (QED) is 0.726. The van der Waals surface area contributed by atoms with Crippen LogP contribution in [-0.2, 0) is 17.8 Å². The minimum atomic E-state index is -0.137. The van der Waals surface area contributed by atoms with Gasteiger partial charge >= 0.3 is 0 Å². The molecule has 120 valence electrons. The van der Waals surface area contributed by atoms with E-state index in [1.807, 2.05) is 54.6 Å². The summed E-state index contributed by atoms with van der Waals surface area (Å²) in [6.07, 6.45) is 0.400. The summed E-state index contributed by atoms with van der Waals surface area (Å²) < 4.78 is 1.46. The average Bonchev–Trinajstić information content (AvgIpc) is 2.57. The zero-order valence-electron chi connectivity index (χ0n) is 13.5. The predicted octanol–water partition coefficient (Wildman–Crippen LogP) is 3.09. The molecule has 0 bridgehead atoms. The molecule has 0 spiro atoms. The Labute approximate surface area is 140 Å². The van der Waals surface area contributed by atoms with Crippen molar-refractivity contribution >= 4 is 5.78 Å². The van der Waals surface area contributed by atoms with E-state index in [2.05, 4.69) is 5.10 Å². The smallest absolute Gasteiger partial charge is 0.267 e. The van der Waals surface area contributed by atoms with Gasteiger partial charge in [0.25, 0.3) is 5.56 Å². The summed E-state index contributed by atoms with van der Waals surface area (Å²) in [7, 11) is 0. The van der Waals surface area contributed by atoms with E-state index in [1.165, 1.54) is 10.7 Å². The van der Waals surface area contributed by atoms with Crippen LogP contribution in [0.5, 0.6) is 0 Å². The minimum absolute atomic E-state index is 0.120. The molecule has 2 aromatic carbocycles. The van der Waals surface area contributed by atoms with Gasteiger partial charge in [-0.3, -0.25) is 9.59 Å². The van der Waals surface area contributed by atoms with Gasteiger partial charge in [0.1, 0.15) is 5.78 Å². The summed E-state index contributed by atoms with van der Waals surface area (Å²) in [5.74, 6) is 0.120. The summed E-state index contributed by atoms with van der Waals surface area (Å²) in [5, 5.41) is 4.48. The Bertz CT molecular complexity index is 914. The lowest BCUT2D eigenvalue weighted by molar-refractivity contribution is -0.116. The second-order valence-corrected chi connectivity index (χ2v) is 5.78. The van der Waals surface area contributed by atoms with Crippen LogP contribution in [0.3, 0.4) is 0 Å². The van der Waals surface area contributed by atoms with Crippen LogP contribution in [0.2, 0.25) is 0 Å². The Morgan fingerprint density at radius 1 is 0.958 bits per heavy atom. The molecule has 4 heteroatoms. The van der Waals surface area contributed by atoms with Crippen LogP contribution in [-0.4, -0.2) is 15.6 Å². The first-order valence-electron chi connectivity index (χ1n) is 7.83. The molecule has 1 heterocycles. The maximum atomic E-state index is 12.1. The Morgan fingerprint density at radius 3 is 2.46 bits per heavy atom. The second kappa shape index (κ2) is 7.04. The van der Waals surface area contributed by atoms with Gasteiger partial charge in [-0.1, -0.05) is 48.5 Å². The molecule has 3 aromatic rings. The van der Waals surface area contributed by atoms with E-state index in [4.69, 9.17) is 0 Å². The highest BCUT2D eigenvalue weighted by Crippen LogP contribution is 2.17. The summed E-state index contributed by atoms with van der Waals surface area (Å²) in [4.78, 5) is 23.4. The molecule has 0 N–H and O–H groups in total. The molecule has 0 fully saturated rings. The van der Waals surface area contributed by atoms with Gasteiger partial charge in [0.15, 0.2) is 0 Å². The van der Waals surface area contributed by atoms with Crippen molar-refractivity contribution in [3.8, 4) is 11.3 Å². The van der Waals surface area contributed by atoms with Crippen molar-refractivity contribution in [1.82, 2.24) is 9.78 Å². The van der Waals surface area contributed by atoms with E-state index < -0.39 is 0 Å². The minimum Gasteiger partial charge on any atom is -0.300 e. The molecule has 1 aromatic heterocycles. The maximum Gasteiger partial charge on any atom is 0.267 e. The van der Waals surface area contributed by atoms with Gasteiger partial charge in [-0.25, -0.2) is 4.68 Å². The van der Waals surface area contributed by atoms with Crippen molar-refractivity contribution in [2.75, 3.05) is 0 Å². The summed E-state index contributed by atoms with van der Waals surface area (Å²) in [6, 6.07) is 20.7. The van der Waals surface area contributed by atoms with Crippen LogP contribution in [0, 0.1) is 0 Å². The first-order chi connectivity index (χ1) is 11.6. The standard InChI is InChI=1S/C20H18N2O2/c1-15(23)12-17-8-5-9-18(13-17)19-10-11-20(24)22(21-19)14-16-6-3-2-4-7-16/h2-11,13H,12,14H2,1H3. The second-order valence-electron chi connectivity index (χ2n) is 5.78. The van der Waals surface area contributed by atoms with Crippen molar-refractivity contribution in [3.05, 3.63) is 88.2 Å². The van der Waals surface area contributed by atoms with Crippen molar-refractivity contribution in [1.29, 1.82) is 0 Å². The number of hydrogen-bond donors (Lipinski definition) is 0. The fourth-order valence-corrected chi connectivity index (χ4v) is 2.60. The van der Waals surface area contributed by atoms with Gasteiger partial charge < -0.3 is 0 Å². The largest absolute Gasteiger partial charge is 0.300 e. The number of Topliss-reactive ketones (excluding diaryl/α,β-unsaturated/α-hetero) is 1. The molecule has 0 unspecified atom stereocenters. The number of carbonyl (C=O) groups is 1. The van der Waals surface area contributed by atoms with E-state index in [-0.39, 0.29) is 11.3 Å². The number of rotatable bonds is 5. The van der Waals surface area contributed by atoms with Crippen LogP contribution in [0.25, 0.3) is 11.3 Å². The molecule has 24 heavy (non-hydrogen) atoms. The van der Waals surface area contributed by atoms with E-state index in [9.17, 15) is 9.59 Å². The lowest BCUT2D eigenvalue weighted by atomic mass is 10.0. The molecule has 0 aliphatic carbocycles. The zero-order valence-corrected chi connectivity index (χ0v) is 13.5. The zero-order chi connectivity index (χ0) is 16.9. The van der Waals surface area contributed by atoms with E-state index in [1.54, 1.807) is 13.0 Å². The van der Waals surface area contributed by atoms with Crippen LogP contribution in [0.4, 0.5) is 0 Å². The number of benzene rings is 2. The van der Waals surface area contributed by atoms with Gasteiger partial charge in [-0.05, 0) is 30.2 Å². The van der Waals surface area contributed by atoms with Crippen LogP contribution < -0.4 is 5.56 Å². The van der Waals surface area contributed by atoms with E-state index in [0.717, 1.165) is 22.4 Å². The van der Waals surface area contributed by atoms with Gasteiger partial charge in [0.2, 0.25) is 0 Å². The highest BCUT2D eigenvalue weighted by atomic mass is 16.1. The fourth-order valence-electron chi connectivity index (χ4n) is 2.60. The number of nitrogens with zero attached hydrogens (tertiary/aromatic N) is 2. The Hall–Kier alpha value is -3.01. The molecular weight excluding hydrogens is 300 g/mol. The monoisotopic (exact) mass is 318 g/mol. The summed E-state index contributed by atoms with van der Waals surface area (Å²) >= 11 is 0. The Morgan fingerprint density at radius 2 is 1.71 bits per heavy atom. The van der Waals surface area contributed by atoms with Crippen LogP contribution in [0.15, 0.2) is 71.5 Å². The first kappa shape index (κ1) is 15.9. The number of hydrogen-bond acceptors (Lipinski definition) is 3. The van der Waals surface area contributed by atoms with E-state index in [0.29, 0.717) is 13.0 Å². The third-order valence-corrected chi connectivity index (χ3v) is 3.72. The maximum absolute atomic E-state index is 12.1. The molecule has 0 atom stereocenters. The number of aromatic nitrogens is 2. The summed E-state index contributed by atoms with van der Waals surface area (Å²) in [6.45, 7) is 2.01. The van der Waals surface area contributed by atoms with Crippen LogP contribution >= 0.6 is 0 Å². The number of carbonyl (C=O) groups excluding carboxylic acids is 1. The first-order valence-corrected chi connectivity index (χ1v) is 7.83. The molecule has 3 rings (SSSR count). The van der Waals surface area contributed by atoms with Crippen molar-refractivity contribution in [3.63, 3.8) is 0 Å². The fraction of sp³-hybridized carbons (Fsp3) is 0.150. The highest BCUT2D eigenvalue weighted by Gasteiger charge is 2.06. The van der Waals surface area contributed by atoms with Gasteiger partial charge in [0, 0.05) is 18.1 Å². The van der Waals surface area contributed by atoms with Gasteiger partial charge in [0.05, 0.1) is 12.2 Å². The third kappa shape index (κ3) is 3.84. The molecule has 0 radical (unpaired) electrons. The van der Waals surface area contributed by atoms with E-state index >= 15 is 0 Å². The molecule has 0 aliphatic rings. The molecule has 4 nitrogen and oxygen atoms in total. The van der Waals surface area contributed by atoms with Crippen molar-refractivity contribution in [2.45, 2.75) is 19.9 Å². The Balaban J connectivity index is 1.94. The Kier molecular flexibility index (Phi) is 4.66. The molecule has 0 saturated carbocycles. The molecule has 0 saturated heterocycles.